The van der Waals surface area contributed by atoms with Gasteiger partial charge in [-0.25, -0.2) is 8.42 Å². The molecule has 1 fully saturated rings. The second-order valence-corrected chi connectivity index (χ2v) is 10.7. The fourth-order valence-corrected chi connectivity index (χ4v) is 6.07. The number of methoxy groups -OCH3 is 2. The Bertz CT molecular complexity index is 1300. The minimum absolute atomic E-state index is 0.218. The molecule has 0 aliphatic carbocycles. The summed E-state index contributed by atoms with van der Waals surface area (Å²) in [4.78, 5) is 0. The van der Waals surface area contributed by atoms with Crippen LogP contribution in [0.25, 0.3) is 0 Å². The third-order valence-corrected chi connectivity index (χ3v) is 8.23. The maximum atomic E-state index is 13.5. The molecular formula is C27H28F3NO6S. The lowest BCUT2D eigenvalue weighted by atomic mass is 9.79. The van der Waals surface area contributed by atoms with E-state index in [9.17, 15) is 26.7 Å². The molecule has 2 atom stereocenters. The standard InChI is InChI=1S/C27H28F3NO6S/c1-35-24-15-9-14-23(25(24)36-2)26(19-10-5-3-6-11-19,20-12-7-4-8-13-20)37-18-21-16-22(32)17-31(21)38(33,34)27(28,29)30/h3-15,21-22,32H,16-18H2,1-2H3. The van der Waals surface area contributed by atoms with Crippen molar-refractivity contribution >= 4 is 10.0 Å². The minimum Gasteiger partial charge on any atom is -0.493 e. The van der Waals surface area contributed by atoms with Crippen LogP contribution in [0.4, 0.5) is 13.2 Å². The molecule has 0 bridgehead atoms. The third-order valence-electron chi connectivity index (χ3n) is 6.58. The molecule has 0 aromatic heterocycles. The summed E-state index contributed by atoms with van der Waals surface area (Å²) in [5, 5.41) is 10.2. The number of ether oxygens (including phenoxy) is 3. The Hall–Kier alpha value is -3.12. The van der Waals surface area contributed by atoms with Crippen LogP contribution in [0.5, 0.6) is 11.5 Å². The molecule has 0 radical (unpaired) electrons. The van der Waals surface area contributed by atoms with E-state index in [1.165, 1.54) is 14.2 Å². The Kier molecular flexibility index (Phi) is 8.03. The van der Waals surface area contributed by atoms with Crippen LogP contribution < -0.4 is 9.47 Å². The SMILES string of the molecule is COc1cccc(C(OCC2CC(O)CN2S(=O)(=O)C(F)(F)F)(c2ccccc2)c2ccccc2)c1OC. The van der Waals surface area contributed by atoms with Crippen molar-refractivity contribution in [2.45, 2.75) is 29.7 Å². The van der Waals surface area contributed by atoms with E-state index in [0.717, 1.165) is 0 Å². The van der Waals surface area contributed by atoms with Crippen LogP contribution in [0.3, 0.4) is 0 Å². The van der Waals surface area contributed by atoms with Crippen LogP contribution in [0.2, 0.25) is 0 Å². The zero-order chi connectivity index (χ0) is 27.6. The summed E-state index contributed by atoms with van der Waals surface area (Å²) in [6.07, 6.45) is -1.49. The molecule has 1 heterocycles. The Balaban J connectivity index is 1.90. The van der Waals surface area contributed by atoms with Crippen molar-refractivity contribution in [3.05, 3.63) is 95.6 Å². The normalized spacial score (nSPS) is 18.9. The maximum Gasteiger partial charge on any atom is 0.511 e. The Morgan fingerprint density at radius 2 is 1.47 bits per heavy atom. The number of aliphatic hydroxyl groups excluding tert-OH is 1. The van der Waals surface area contributed by atoms with E-state index in [1.54, 1.807) is 66.7 Å². The number of para-hydroxylation sites is 1. The molecule has 1 saturated heterocycles. The summed E-state index contributed by atoms with van der Waals surface area (Å²) >= 11 is 0. The predicted octanol–water partition coefficient (Wildman–Crippen LogP) is 4.30. The van der Waals surface area contributed by atoms with E-state index in [2.05, 4.69) is 0 Å². The van der Waals surface area contributed by atoms with Gasteiger partial charge in [-0.05, 0) is 23.6 Å². The first-order chi connectivity index (χ1) is 18.1. The zero-order valence-electron chi connectivity index (χ0n) is 20.8. The van der Waals surface area contributed by atoms with Crippen molar-refractivity contribution in [1.82, 2.24) is 4.31 Å². The Labute approximate surface area is 219 Å². The summed E-state index contributed by atoms with van der Waals surface area (Å²) < 4.78 is 83.1. The second kappa shape index (κ2) is 10.9. The summed E-state index contributed by atoms with van der Waals surface area (Å²) in [6.45, 7) is -1.13. The van der Waals surface area contributed by atoms with E-state index < -0.39 is 46.4 Å². The molecule has 0 spiro atoms. The molecule has 0 amide bonds. The number of aliphatic hydroxyl groups is 1. The van der Waals surface area contributed by atoms with Crippen molar-refractivity contribution in [1.29, 1.82) is 0 Å². The molecule has 1 N–H and O–H groups in total. The summed E-state index contributed by atoms with van der Waals surface area (Å²) in [6, 6.07) is 22.0. The van der Waals surface area contributed by atoms with E-state index in [1.807, 2.05) is 12.1 Å². The Morgan fingerprint density at radius 3 is 1.97 bits per heavy atom. The van der Waals surface area contributed by atoms with Crippen LogP contribution >= 0.6 is 0 Å². The van der Waals surface area contributed by atoms with Gasteiger partial charge >= 0.3 is 15.5 Å². The number of sulfonamides is 1. The number of alkyl halides is 3. The van der Waals surface area contributed by atoms with Gasteiger partial charge < -0.3 is 19.3 Å². The number of β-amino-alcohol motifs (C(OH)–C–C–N with tert-alkyl or cyclic N) is 1. The van der Waals surface area contributed by atoms with Gasteiger partial charge in [0.15, 0.2) is 11.5 Å². The summed E-state index contributed by atoms with van der Waals surface area (Å²) in [7, 11) is -2.75. The Morgan fingerprint density at radius 1 is 0.895 bits per heavy atom. The fourth-order valence-electron chi connectivity index (χ4n) is 4.89. The predicted molar refractivity (Wildman–Crippen MR) is 134 cm³/mol. The highest BCUT2D eigenvalue weighted by Gasteiger charge is 2.55. The van der Waals surface area contributed by atoms with Gasteiger partial charge in [-0.15, -0.1) is 0 Å². The smallest absolute Gasteiger partial charge is 0.493 e. The van der Waals surface area contributed by atoms with Crippen molar-refractivity contribution in [2.24, 2.45) is 0 Å². The molecule has 3 aromatic rings. The highest BCUT2D eigenvalue weighted by molar-refractivity contribution is 7.90. The van der Waals surface area contributed by atoms with Gasteiger partial charge in [-0.3, -0.25) is 0 Å². The van der Waals surface area contributed by atoms with E-state index in [-0.39, 0.29) is 10.7 Å². The van der Waals surface area contributed by atoms with Crippen LogP contribution in [-0.2, 0) is 20.4 Å². The molecule has 38 heavy (non-hydrogen) atoms. The first kappa shape index (κ1) is 27.9. The number of hydrogen-bond donors (Lipinski definition) is 1. The van der Waals surface area contributed by atoms with Crippen LogP contribution in [-0.4, -0.2) is 62.9 Å². The number of benzene rings is 3. The molecule has 4 rings (SSSR count). The van der Waals surface area contributed by atoms with Gasteiger partial charge in [0.2, 0.25) is 0 Å². The third kappa shape index (κ3) is 4.98. The maximum absolute atomic E-state index is 13.5. The van der Waals surface area contributed by atoms with Gasteiger partial charge in [0.05, 0.1) is 33.0 Å². The molecule has 2 unspecified atom stereocenters. The number of nitrogens with zero attached hydrogens (tertiary/aromatic N) is 1. The molecule has 1 aliphatic heterocycles. The van der Waals surface area contributed by atoms with Gasteiger partial charge in [-0.2, -0.15) is 17.5 Å². The molecular weight excluding hydrogens is 523 g/mol. The number of halogens is 3. The van der Waals surface area contributed by atoms with Gasteiger partial charge in [0.25, 0.3) is 0 Å². The first-order valence-electron chi connectivity index (χ1n) is 11.8. The number of hydrogen-bond acceptors (Lipinski definition) is 6. The highest BCUT2D eigenvalue weighted by atomic mass is 32.2. The molecule has 11 heteroatoms. The zero-order valence-corrected chi connectivity index (χ0v) is 21.6. The van der Waals surface area contributed by atoms with E-state index in [4.69, 9.17) is 14.2 Å². The largest absolute Gasteiger partial charge is 0.511 e. The molecule has 204 valence electrons. The number of rotatable bonds is 9. The molecule has 7 nitrogen and oxygen atoms in total. The average Bonchev–Trinajstić information content (AvgIpc) is 3.30. The first-order valence-corrected chi connectivity index (χ1v) is 13.2. The van der Waals surface area contributed by atoms with Crippen LogP contribution in [0.15, 0.2) is 78.9 Å². The van der Waals surface area contributed by atoms with E-state index >= 15 is 0 Å². The molecule has 0 saturated carbocycles. The van der Waals surface area contributed by atoms with Gasteiger partial charge in [0, 0.05) is 12.1 Å². The van der Waals surface area contributed by atoms with Crippen molar-refractivity contribution in [3.63, 3.8) is 0 Å². The highest BCUT2D eigenvalue weighted by Crippen LogP contribution is 2.48. The molecule has 3 aromatic carbocycles. The van der Waals surface area contributed by atoms with Gasteiger partial charge in [0.1, 0.15) is 5.60 Å². The molecule has 1 aliphatic rings. The summed E-state index contributed by atoms with van der Waals surface area (Å²) in [5.74, 6) is 0.747. The summed E-state index contributed by atoms with van der Waals surface area (Å²) in [5.41, 5.74) is -5.20. The van der Waals surface area contributed by atoms with E-state index in [0.29, 0.717) is 28.2 Å². The minimum atomic E-state index is -5.69. The topological polar surface area (TPSA) is 85.3 Å². The van der Waals surface area contributed by atoms with Crippen LogP contribution in [0, 0.1) is 0 Å². The lowest BCUT2D eigenvalue weighted by Crippen LogP contribution is -2.46. The second-order valence-electron chi connectivity index (χ2n) is 8.83. The van der Waals surface area contributed by atoms with Crippen molar-refractivity contribution < 1.29 is 40.9 Å². The fraction of sp³-hybridized carbons (Fsp3) is 0.333. The monoisotopic (exact) mass is 551 g/mol. The quantitative estimate of drug-likeness (QED) is 0.400. The lowest BCUT2D eigenvalue weighted by Gasteiger charge is -2.38. The van der Waals surface area contributed by atoms with Crippen LogP contribution in [0.1, 0.15) is 23.1 Å². The lowest BCUT2D eigenvalue weighted by molar-refractivity contribution is -0.0523. The van der Waals surface area contributed by atoms with Gasteiger partial charge in [-0.1, -0.05) is 72.8 Å². The van der Waals surface area contributed by atoms with Crippen molar-refractivity contribution in [3.8, 4) is 11.5 Å². The average molecular weight is 552 g/mol. The van der Waals surface area contributed by atoms with Crippen molar-refractivity contribution in [2.75, 3.05) is 27.4 Å².